The van der Waals surface area contributed by atoms with Crippen LogP contribution in [0.3, 0.4) is 0 Å². The largest absolute Gasteiger partial charge is 0.493 e. The molecule has 0 saturated heterocycles. The Kier molecular flexibility index (Phi) is 7.73. The van der Waals surface area contributed by atoms with Crippen molar-refractivity contribution >= 4 is 11.9 Å². The van der Waals surface area contributed by atoms with Gasteiger partial charge in [0.25, 0.3) is 5.91 Å². The van der Waals surface area contributed by atoms with Crippen LogP contribution in [0.25, 0.3) is 0 Å². The minimum atomic E-state index is -0.473. The Morgan fingerprint density at radius 3 is 2.13 bits per heavy atom. The van der Waals surface area contributed by atoms with E-state index in [1.54, 1.807) is 0 Å². The van der Waals surface area contributed by atoms with Crippen LogP contribution in [0, 0.1) is 0 Å². The van der Waals surface area contributed by atoms with Crippen LogP contribution < -0.4 is 19.5 Å². The molecule has 0 spiro atoms. The summed E-state index contributed by atoms with van der Waals surface area (Å²) < 4.78 is 20.5. The smallest absolute Gasteiger partial charge is 0.325 e. The molecule has 1 amide bonds. The fraction of sp³-hybridized carbons (Fsp3) is 0.500. The maximum atomic E-state index is 12.1. The van der Waals surface area contributed by atoms with E-state index in [1.165, 1.54) is 33.5 Å². The Bertz CT molecular complexity index is 518. The topological polar surface area (TPSA) is 83.1 Å². The van der Waals surface area contributed by atoms with E-state index in [1.807, 2.05) is 6.92 Å². The van der Waals surface area contributed by atoms with Gasteiger partial charge in [-0.05, 0) is 18.6 Å². The van der Waals surface area contributed by atoms with Crippen LogP contribution in [0.5, 0.6) is 17.2 Å². The van der Waals surface area contributed by atoms with Crippen molar-refractivity contribution in [2.75, 3.05) is 34.5 Å². The molecule has 0 atom stereocenters. The molecule has 0 bridgehead atoms. The molecular weight excluding hydrogens is 302 g/mol. The van der Waals surface area contributed by atoms with Gasteiger partial charge in [-0.15, -0.1) is 0 Å². The summed E-state index contributed by atoms with van der Waals surface area (Å²) in [5.41, 5.74) is 0.292. The van der Waals surface area contributed by atoms with Crippen LogP contribution in [-0.4, -0.2) is 46.4 Å². The highest BCUT2D eigenvalue weighted by Gasteiger charge is 2.17. The third kappa shape index (κ3) is 5.36. The molecule has 0 radical (unpaired) electrons. The summed E-state index contributed by atoms with van der Waals surface area (Å²) in [6, 6.07) is 3.03. The van der Waals surface area contributed by atoms with Crippen LogP contribution in [0.4, 0.5) is 0 Å². The van der Waals surface area contributed by atoms with Gasteiger partial charge >= 0.3 is 5.97 Å². The maximum absolute atomic E-state index is 12.1. The molecule has 7 nitrogen and oxygen atoms in total. The maximum Gasteiger partial charge on any atom is 0.325 e. The number of carbonyl (C=O) groups excluding carboxylic acids is 2. The average molecular weight is 325 g/mol. The summed E-state index contributed by atoms with van der Waals surface area (Å²) in [6.45, 7) is 2.16. The van der Waals surface area contributed by atoms with Crippen LogP contribution in [-0.2, 0) is 9.53 Å². The SMILES string of the molecule is CCCCOC(=O)CNC(=O)c1cc(OC)c(OC)c(OC)c1. The van der Waals surface area contributed by atoms with Gasteiger partial charge in [0.1, 0.15) is 6.54 Å². The molecule has 0 aliphatic carbocycles. The van der Waals surface area contributed by atoms with Crippen LogP contribution in [0.2, 0.25) is 0 Å². The van der Waals surface area contributed by atoms with Crippen LogP contribution in [0.1, 0.15) is 30.1 Å². The molecule has 1 aromatic rings. The van der Waals surface area contributed by atoms with Gasteiger partial charge in [-0.2, -0.15) is 0 Å². The first-order valence-corrected chi connectivity index (χ1v) is 7.31. The number of benzene rings is 1. The normalized spacial score (nSPS) is 9.91. The molecule has 0 aliphatic heterocycles. The zero-order chi connectivity index (χ0) is 17.2. The number of unbranched alkanes of at least 4 members (excludes halogenated alkanes) is 1. The van der Waals surface area contributed by atoms with E-state index in [-0.39, 0.29) is 6.54 Å². The Hall–Kier alpha value is -2.44. The number of esters is 1. The molecule has 0 heterocycles. The molecular formula is C16H23NO6. The van der Waals surface area contributed by atoms with Gasteiger partial charge in [0.15, 0.2) is 11.5 Å². The molecule has 0 aliphatic rings. The van der Waals surface area contributed by atoms with Crippen molar-refractivity contribution in [3.8, 4) is 17.2 Å². The van der Waals surface area contributed by atoms with Crippen molar-refractivity contribution < 1.29 is 28.5 Å². The number of hydrogen-bond acceptors (Lipinski definition) is 6. The number of rotatable bonds is 9. The third-order valence-electron chi connectivity index (χ3n) is 3.08. The lowest BCUT2D eigenvalue weighted by Crippen LogP contribution is -2.30. The summed E-state index contributed by atoms with van der Waals surface area (Å²) in [7, 11) is 4.40. The predicted octanol–water partition coefficient (Wildman–Crippen LogP) is 1.79. The Balaban J connectivity index is 2.74. The van der Waals surface area contributed by atoms with Gasteiger partial charge in [-0.1, -0.05) is 13.3 Å². The lowest BCUT2D eigenvalue weighted by Gasteiger charge is -2.14. The highest BCUT2D eigenvalue weighted by molar-refractivity contribution is 5.97. The average Bonchev–Trinajstić information content (AvgIpc) is 2.58. The van der Waals surface area contributed by atoms with Crippen molar-refractivity contribution in [3.05, 3.63) is 17.7 Å². The third-order valence-corrected chi connectivity index (χ3v) is 3.08. The lowest BCUT2D eigenvalue weighted by atomic mass is 10.1. The number of ether oxygens (including phenoxy) is 4. The van der Waals surface area contributed by atoms with Gasteiger partial charge in [-0.3, -0.25) is 9.59 Å². The molecule has 1 N–H and O–H groups in total. The second kappa shape index (κ2) is 9.55. The Morgan fingerprint density at radius 2 is 1.65 bits per heavy atom. The minimum absolute atomic E-state index is 0.195. The number of nitrogens with one attached hydrogen (secondary N) is 1. The van der Waals surface area contributed by atoms with E-state index in [0.717, 1.165) is 12.8 Å². The fourth-order valence-corrected chi connectivity index (χ4v) is 1.85. The molecule has 0 saturated carbocycles. The quantitative estimate of drug-likeness (QED) is 0.550. The van der Waals surface area contributed by atoms with Gasteiger partial charge in [0, 0.05) is 5.56 Å². The number of hydrogen-bond donors (Lipinski definition) is 1. The fourth-order valence-electron chi connectivity index (χ4n) is 1.85. The second-order valence-electron chi connectivity index (χ2n) is 4.67. The van der Waals surface area contributed by atoms with Gasteiger partial charge in [-0.25, -0.2) is 0 Å². The first-order chi connectivity index (χ1) is 11.1. The van der Waals surface area contributed by atoms with E-state index < -0.39 is 11.9 Å². The molecule has 0 fully saturated rings. The van der Waals surface area contributed by atoms with E-state index >= 15 is 0 Å². The summed E-state index contributed by atoms with van der Waals surface area (Å²) >= 11 is 0. The standard InChI is InChI=1S/C16H23NO6/c1-5-6-7-23-14(18)10-17-16(19)11-8-12(20-2)15(22-4)13(9-11)21-3/h8-9H,5-7,10H2,1-4H3,(H,17,19). The molecule has 1 rings (SSSR count). The molecule has 1 aromatic carbocycles. The van der Waals surface area contributed by atoms with E-state index in [4.69, 9.17) is 18.9 Å². The van der Waals surface area contributed by atoms with Crippen molar-refractivity contribution in [1.82, 2.24) is 5.32 Å². The second-order valence-corrected chi connectivity index (χ2v) is 4.67. The van der Waals surface area contributed by atoms with Crippen LogP contribution >= 0.6 is 0 Å². The van der Waals surface area contributed by atoms with Crippen molar-refractivity contribution in [2.24, 2.45) is 0 Å². The summed E-state index contributed by atoms with van der Waals surface area (Å²) in [6.07, 6.45) is 1.73. The highest BCUT2D eigenvalue weighted by atomic mass is 16.5. The zero-order valence-corrected chi connectivity index (χ0v) is 13.9. The molecule has 0 unspecified atom stereocenters. The predicted molar refractivity (Wildman–Crippen MR) is 84.3 cm³/mol. The van der Waals surface area contributed by atoms with E-state index in [2.05, 4.69) is 5.32 Å². The highest BCUT2D eigenvalue weighted by Crippen LogP contribution is 2.38. The van der Waals surface area contributed by atoms with Gasteiger partial charge in [0.2, 0.25) is 5.75 Å². The summed E-state index contributed by atoms with van der Waals surface area (Å²) in [4.78, 5) is 23.6. The molecule has 23 heavy (non-hydrogen) atoms. The lowest BCUT2D eigenvalue weighted by molar-refractivity contribution is -0.142. The number of carbonyl (C=O) groups is 2. The van der Waals surface area contributed by atoms with E-state index in [0.29, 0.717) is 29.4 Å². The number of methoxy groups -OCH3 is 3. The van der Waals surface area contributed by atoms with Crippen LogP contribution in [0.15, 0.2) is 12.1 Å². The van der Waals surface area contributed by atoms with Gasteiger partial charge < -0.3 is 24.3 Å². The van der Waals surface area contributed by atoms with Crippen molar-refractivity contribution in [2.45, 2.75) is 19.8 Å². The monoisotopic (exact) mass is 325 g/mol. The van der Waals surface area contributed by atoms with Crippen molar-refractivity contribution in [3.63, 3.8) is 0 Å². The zero-order valence-electron chi connectivity index (χ0n) is 13.9. The van der Waals surface area contributed by atoms with Crippen molar-refractivity contribution in [1.29, 1.82) is 0 Å². The first-order valence-electron chi connectivity index (χ1n) is 7.31. The first kappa shape index (κ1) is 18.6. The number of amides is 1. The van der Waals surface area contributed by atoms with Gasteiger partial charge in [0.05, 0.1) is 27.9 Å². The van der Waals surface area contributed by atoms with E-state index in [9.17, 15) is 9.59 Å². The Labute approximate surface area is 135 Å². The minimum Gasteiger partial charge on any atom is -0.493 e. The molecule has 0 aromatic heterocycles. The summed E-state index contributed by atoms with van der Waals surface area (Å²) in [5.74, 6) is 0.214. The Morgan fingerprint density at radius 1 is 1.04 bits per heavy atom. The molecule has 7 heteroatoms. The molecule has 128 valence electrons. The summed E-state index contributed by atoms with van der Waals surface area (Å²) in [5, 5.41) is 2.50.